The molecule has 2 N–H and O–H groups in total. The lowest BCUT2D eigenvalue weighted by Crippen LogP contribution is -2.01. The van der Waals surface area contributed by atoms with Crippen LogP contribution < -0.4 is 5.73 Å². The first-order chi connectivity index (χ1) is 5.24. The van der Waals surface area contributed by atoms with Crippen LogP contribution in [0.2, 0.25) is 0 Å². The lowest BCUT2D eigenvalue weighted by Gasteiger charge is -1.88. The van der Waals surface area contributed by atoms with Crippen LogP contribution in [-0.2, 0) is 6.42 Å². The summed E-state index contributed by atoms with van der Waals surface area (Å²) in [7, 11) is 0. The Morgan fingerprint density at radius 2 is 2.45 bits per heavy atom. The Morgan fingerprint density at radius 3 is 2.91 bits per heavy atom. The maximum absolute atomic E-state index is 10.8. The molecule has 0 aromatic carbocycles. The van der Waals surface area contributed by atoms with E-state index >= 15 is 0 Å². The van der Waals surface area contributed by atoms with Crippen molar-refractivity contribution in [2.45, 2.75) is 13.3 Å². The summed E-state index contributed by atoms with van der Waals surface area (Å²) in [4.78, 5) is 11.7. The summed E-state index contributed by atoms with van der Waals surface area (Å²) >= 11 is 1.49. The smallest absolute Gasteiger partial charge is 0.169 e. The van der Waals surface area contributed by atoms with Gasteiger partial charge in [0.2, 0.25) is 0 Å². The normalized spacial score (nSPS) is 10.0. The van der Waals surface area contributed by atoms with E-state index in [2.05, 4.69) is 0 Å². The average Bonchev–Trinajstić information content (AvgIpc) is 2.37. The molecule has 1 heterocycles. The van der Waals surface area contributed by atoms with Crippen molar-refractivity contribution in [1.82, 2.24) is 0 Å². The summed E-state index contributed by atoms with van der Waals surface area (Å²) in [6.45, 7) is 2.23. The lowest BCUT2D eigenvalue weighted by molar-refractivity contribution is 0.102. The van der Waals surface area contributed by atoms with E-state index < -0.39 is 0 Å². The van der Waals surface area contributed by atoms with Crippen LogP contribution in [0.15, 0.2) is 11.4 Å². The molecule has 1 aromatic heterocycles. The molecule has 0 aliphatic heterocycles. The molecular weight excluding hydrogens is 158 g/mol. The minimum Gasteiger partial charge on any atom is -0.330 e. The zero-order valence-electron chi connectivity index (χ0n) is 6.46. The van der Waals surface area contributed by atoms with Crippen molar-refractivity contribution in [3.8, 4) is 0 Å². The fourth-order valence-corrected chi connectivity index (χ4v) is 1.71. The van der Waals surface area contributed by atoms with Crippen LogP contribution in [0.3, 0.4) is 0 Å². The van der Waals surface area contributed by atoms with Crippen molar-refractivity contribution in [3.63, 3.8) is 0 Å². The lowest BCUT2D eigenvalue weighted by atomic mass is 10.2. The molecule has 0 saturated heterocycles. The first-order valence-corrected chi connectivity index (χ1v) is 4.40. The number of thiophene rings is 1. The van der Waals surface area contributed by atoms with Crippen molar-refractivity contribution in [3.05, 3.63) is 21.9 Å². The van der Waals surface area contributed by atoms with E-state index in [1.807, 2.05) is 11.4 Å². The highest BCUT2D eigenvalue weighted by Crippen LogP contribution is 2.14. The van der Waals surface area contributed by atoms with Crippen LogP contribution in [0, 0.1) is 0 Å². The van der Waals surface area contributed by atoms with Gasteiger partial charge in [-0.15, -0.1) is 11.3 Å². The number of nitrogens with two attached hydrogens (primary N) is 1. The van der Waals surface area contributed by atoms with Crippen LogP contribution >= 0.6 is 11.3 Å². The molecule has 0 radical (unpaired) electrons. The zero-order chi connectivity index (χ0) is 8.27. The number of rotatable bonds is 3. The second-order valence-electron chi connectivity index (χ2n) is 2.41. The minimum absolute atomic E-state index is 0.137. The molecule has 11 heavy (non-hydrogen) atoms. The number of carbonyl (C=O) groups is 1. The molecule has 0 atom stereocenters. The van der Waals surface area contributed by atoms with E-state index in [-0.39, 0.29) is 5.78 Å². The number of ketones is 1. The molecule has 1 aromatic rings. The number of hydrogen-bond acceptors (Lipinski definition) is 3. The highest BCUT2D eigenvalue weighted by molar-refractivity contribution is 7.12. The van der Waals surface area contributed by atoms with Gasteiger partial charge in [0.05, 0.1) is 4.88 Å². The van der Waals surface area contributed by atoms with E-state index in [4.69, 9.17) is 5.73 Å². The maximum Gasteiger partial charge on any atom is 0.169 e. The van der Waals surface area contributed by atoms with E-state index in [0.717, 1.165) is 11.3 Å². The summed E-state index contributed by atoms with van der Waals surface area (Å²) in [5.41, 5.74) is 6.53. The van der Waals surface area contributed by atoms with Gasteiger partial charge in [0, 0.05) is 0 Å². The van der Waals surface area contributed by atoms with E-state index in [1.165, 1.54) is 16.9 Å². The second-order valence-corrected chi connectivity index (χ2v) is 3.33. The topological polar surface area (TPSA) is 43.1 Å². The summed E-state index contributed by atoms with van der Waals surface area (Å²) < 4.78 is 0. The Labute approximate surface area is 70.0 Å². The first kappa shape index (κ1) is 8.43. The zero-order valence-corrected chi connectivity index (χ0v) is 7.28. The second kappa shape index (κ2) is 3.64. The van der Waals surface area contributed by atoms with Crippen molar-refractivity contribution in [1.29, 1.82) is 0 Å². The van der Waals surface area contributed by atoms with Crippen molar-refractivity contribution >= 4 is 17.1 Å². The molecule has 0 aliphatic rings. The molecule has 0 bridgehead atoms. The third-order valence-electron chi connectivity index (χ3n) is 1.43. The third kappa shape index (κ3) is 2.13. The highest BCUT2D eigenvalue weighted by Gasteiger charge is 2.02. The van der Waals surface area contributed by atoms with Crippen LogP contribution in [0.5, 0.6) is 0 Å². The van der Waals surface area contributed by atoms with Gasteiger partial charge in [-0.25, -0.2) is 0 Å². The van der Waals surface area contributed by atoms with Gasteiger partial charge in [-0.05, 0) is 36.9 Å². The van der Waals surface area contributed by atoms with E-state index in [0.29, 0.717) is 6.54 Å². The Kier molecular flexibility index (Phi) is 2.79. The van der Waals surface area contributed by atoms with E-state index in [9.17, 15) is 4.79 Å². The SMILES string of the molecule is CC(=O)c1cc(CCN)cs1. The third-order valence-corrected chi connectivity index (χ3v) is 2.51. The monoisotopic (exact) mass is 169 g/mol. The van der Waals surface area contributed by atoms with E-state index in [1.54, 1.807) is 6.92 Å². The highest BCUT2D eigenvalue weighted by atomic mass is 32.1. The van der Waals surface area contributed by atoms with Gasteiger partial charge in [-0.3, -0.25) is 4.79 Å². The predicted molar refractivity (Wildman–Crippen MR) is 47.1 cm³/mol. The largest absolute Gasteiger partial charge is 0.330 e. The summed E-state index contributed by atoms with van der Waals surface area (Å²) in [5, 5.41) is 1.99. The molecule has 0 unspecified atom stereocenters. The molecule has 0 fully saturated rings. The molecule has 0 saturated carbocycles. The fourth-order valence-electron chi connectivity index (χ4n) is 0.858. The Morgan fingerprint density at radius 1 is 1.73 bits per heavy atom. The Hall–Kier alpha value is -0.670. The van der Waals surface area contributed by atoms with Crippen LogP contribution in [0.1, 0.15) is 22.2 Å². The molecule has 0 amide bonds. The van der Waals surface area contributed by atoms with Gasteiger partial charge in [-0.2, -0.15) is 0 Å². The Bertz CT molecular complexity index is 254. The van der Waals surface area contributed by atoms with Crippen LogP contribution in [0.25, 0.3) is 0 Å². The molecule has 60 valence electrons. The van der Waals surface area contributed by atoms with Crippen molar-refractivity contribution in [2.24, 2.45) is 5.73 Å². The number of carbonyl (C=O) groups excluding carboxylic acids is 1. The molecule has 0 aliphatic carbocycles. The first-order valence-electron chi connectivity index (χ1n) is 3.52. The maximum atomic E-state index is 10.8. The summed E-state index contributed by atoms with van der Waals surface area (Å²) in [6.07, 6.45) is 0.865. The van der Waals surface area contributed by atoms with Gasteiger partial charge in [-0.1, -0.05) is 0 Å². The van der Waals surface area contributed by atoms with Gasteiger partial charge in [0.1, 0.15) is 0 Å². The molecular formula is C8H11NOS. The van der Waals surface area contributed by atoms with Gasteiger partial charge in [0.25, 0.3) is 0 Å². The molecule has 0 spiro atoms. The molecule has 3 heteroatoms. The summed E-state index contributed by atoms with van der Waals surface area (Å²) in [5.74, 6) is 0.137. The quantitative estimate of drug-likeness (QED) is 0.696. The molecule has 2 nitrogen and oxygen atoms in total. The van der Waals surface area contributed by atoms with Gasteiger partial charge in [0.15, 0.2) is 5.78 Å². The Balaban J connectivity index is 2.73. The van der Waals surface area contributed by atoms with Gasteiger partial charge >= 0.3 is 0 Å². The van der Waals surface area contributed by atoms with Crippen LogP contribution in [0.4, 0.5) is 0 Å². The number of Topliss-reactive ketones (excluding diaryl/α,β-unsaturated/α-hetero) is 1. The van der Waals surface area contributed by atoms with Gasteiger partial charge < -0.3 is 5.73 Å². The minimum atomic E-state index is 0.137. The standard InChI is InChI=1S/C8H11NOS/c1-6(10)8-4-7(2-3-9)5-11-8/h4-5H,2-3,9H2,1H3. The fraction of sp³-hybridized carbons (Fsp3) is 0.375. The van der Waals surface area contributed by atoms with Crippen LogP contribution in [-0.4, -0.2) is 12.3 Å². The van der Waals surface area contributed by atoms with Crippen molar-refractivity contribution < 1.29 is 4.79 Å². The van der Waals surface area contributed by atoms with Crippen molar-refractivity contribution in [2.75, 3.05) is 6.54 Å². The number of hydrogen-bond donors (Lipinski definition) is 1. The predicted octanol–water partition coefficient (Wildman–Crippen LogP) is 1.45. The summed E-state index contributed by atoms with van der Waals surface area (Å²) in [6, 6.07) is 1.92. The average molecular weight is 169 g/mol. The molecule has 1 rings (SSSR count).